The van der Waals surface area contributed by atoms with E-state index in [1.807, 2.05) is 46.9 Å². The third-order valence-electron chi connectivity index (χ3n) is 2.83. The van der Waals surface area contributed by atoms with Crippen LogP contribution < -0.4 is 15.2 Å². The first-order valence-electron chi connectivity index (χ1n) is 6.00. The Morgan fingerprint density at radius 1 is 1.29 bits per heavy atom. The van der Waals surface area contributed by atoms with Crippen LogP contribution in [-0.2, 0) is 6.61 Å². The van der Waals surface area contributed by atoms with E-state index < -0.39 is 4.92 Å². The summed E-state index contributed by atoms with van der Waals surface area (Å²) in [5.41, 5.74) is 6.59. The van der Waals surface area contributed by atoms with Crippen LogP contribution in [0.1, 0.15) is 5.56 Å². The van der Waals surface area contributed by atoms with Gasteiger partial charge in [0.25, 0.3) is 5.69 Å². The molecule has 0 atom stereocenters. The predicted molar refractivity (Wildman–Crippen MR) is 87.6 cm³/mol. The quantitative estimate of drug-likeness (QED) is 0.360. The fourth-order valence-electron chi connectivity index (χ4n) is 1.71. The van der Waals surface area contributed by atoms with Gasteiger partial charge in [-0.3, -0.25) is 10.1 Å². The summed E-state index contributed by atoms with van der Waals surface area (Å²) in [5, 5.41) is 10.8. The zero-order valence-electron chi connectivity index (χ0n) is 11.2. The topological polar surface area (TPSA) is 87.6 Å². The maximum atomic E-state index is 10.8. The van der Waals surface area contributed by atoms with E-state index in [0.717, 1.165) is 11.3 Å². The molecule has 0 aliphatic heterocycles. The van der Waals surface area contributed by atoms with Gasteiger partial charge < -0.3 is 15.2 Å². The SMILES string of the molecule is COc1ccc(COc2cc(N)c([N+](=O)[O-])cc2I)cc1. The van der Waals surface area contributed by atoms with E-state index in [1.165, 1.54) is 12.1 Å². The highest BCUT2D eigenvalue weighted by Gasteiger charge is 2.15. The van der Waals surface area contributed by atoms with Crippen LogP contribution in [0, 0.1) is 13.7 Å². The van der Waals surface area contributed by atoms with E-state index >= 15 is 0 Å². The lowest BCUT2D eigenvalue weighted by Gasteiger charge is -2.10. The van der Waals surface area contributed by atoms with Gasteiger partial charge in [0, 0.05) is 12.1 Å². The Bertz CT molecular complexity index is 659. The number of benzene rings is 2. The van der Waals surface area contributed by atoms with Crippen LogP contribution in [0.2, 0.25) is 0 Å². The number of nitrogens with zero attached hydrogens (tertiary/aromatic N) is 1. The number of anilines is 1. The summed E-state index contributed by atoms with van der Waals surface area (Å²) in [4.78, 5) is 10.3. The largest absolute Gasteiger partial charge is 0.497 e. The molecule has 0 bridgehead atoms. The van der Waals surface area contributed by atoms with Crippen molar-refractivity contribution in [2.75, 3.05) is 12.8 Å². The van der Waals surface area contributed by atoms with E-state index in [1.54, 1.807) is 7.11 Å². The zero-order valence-corrected chi connectivity index (χ0v) is 13.4. The summed E-state index contributed by atoms with van der Waals surface area (Å²) < 4.78 is 11.4. The molecule has 2 aromatic carbocycles. The van der Waals surface area contributed by atoms with Crippen molar-refractivity contribution in [3.8, 4) is 11.5 Å². The lowest BCUT2D eigenvalue weighted by Crippen LogP contribution is -2.01. The molecule has 2 aromatic rings. The minimum absolute atomic E-state index is 0.0881. The molecule has 0 aromatic heterocycles. The molecule has 7 heteroatoms. The van der Waals surface area contributed by atoms with E-state index in [4.69, 9.17) is 15.2 Å². The first kappa shape index (κ1) is 15.4. The molecular formula is C14H13IN2O4. The minimum Gasteiger partial charge on any atom is -0.497 e. The molecule has 0 unspecified atom stereocenters. The molecule has 6 nitrogen and oxygen atoms in total. The summed E-state index contributed by atoms with van der Waals surface area (Å²) in [6, 6.07) is 10.3. The van der Waals surface area contributed by atoms with E-state index in [0.29, 0.717) is 15.9 Å². The van der Waals surface area contributed by atoms with Crippen molar-refractivity contribution < 1.29 is 14.4 Å². The number of nitrogen functional groups attached to an aromatic ring is 1. The zero-order chi connectivity index (χ0) is 15.4. The van der Waals surface area contributed by atoms with Crippen LogP contribution >= 0.6 is 22.6 Å². The average molecular weight is 400 g/mol. The number of nitrogens with two attached hydrogens (primary N) is 1. The van der Waals surface area contributed by atoms with Crippen LogP contribution in [0.15, 0.2) is 36.4 Å². The number of nitro benzene ring substituents is 1. The maximum absolute atomic E-state index is 10.8. The van der Waals surface area contributed by atoms with E-state index in [-0.39, 0.29) is 11.4 Å². The molecule has 0 fully saturated rings. The summed E-state index contributed by atoms with van der Waals surface area (Å²) in [7, 11) is 1.60. The van der Waals surface area contributed by atoms with Crippen LogP contribution in [0.25, 0.3) is 0 Å². The third kappa shape index (κ3) is 3.75. The molecule has 0 aliphatic carbocycles. The van der Waals surface area contributed by atoms with E-state index in [2.05, 4.69) is 0 Å². The Labute approximate surface area is 135 Å². The molecule has 0 aliphatic rings. The van der Waals surface area contributed by atoms with Gasteiger partial charge in [-0.25, -0.2) is 0 Å². The Kier molecular flexibility index (Phi) is 4.84. The summed E-state index contributed by atoms with van der Waals surface area (Å²) in [6.07, 6.45) is 0. The van der Waals surface area contributed by atoms with Gasteiger partial charge >= 0.3 is 0 Å². The Morgan fingerprint density at radius 2 is 1.95 bits per heavy atom. The number of rotatable bonds is 5. The van der Waals surface area contributed by atoms with Gasteiger partial charge in [0.15, 0.2) is 0 Å². The fourth-order valence-corrected chi connectivity index (χ4v) is 2.32. The van der Waals surface area contributed by atoms with Gasteiger partial charge in [0.2, 0.25) is 0 Å². The van der Waals surface area contributed by atoms with Gasteiger partial charge in [0.1, 0.15) is 23.8 Å². The highest BCUT2D eigenvalue weighted by molar-refractivity contribution is 14.1. The van der Waals surface area contributed by atoms with Crippen LogP contribution in [-0.4, -0.2) is 12.0 Å². The van der Waals surface area contributed by atoms with Crippen LogP contribution in [0.5, 0.6) is 11.5 Å². The summed E-state index contributed by atoms with van der Waals surface area (Å²) in [5.74, 6) is 1.29. The Hall–Kier alpha value is -2.03. The van der Waals surface area contributed by atoms with Gasteiger partial charge in [-0.15, -0.1) is 0 Å². The Morgan fingerprint density at radius 3 is 2.52 bits per heavy atom. The molecular weight excluding hydrogens is 387 g/mol. The molecule has 0 spiro atoms. The second-order valence-electron chi connectivity index (χ2n) is 4.24. The first-order valence-corrected chi connectivity index (χ1v) is 7.08. The molecule has 0 amide bonds. The second kappa shape index (κ2) is 6.61. The summed E-state index contributed by atoms with van der Waals surface area (Å²) in [6.45, 7) is 0.344. The average Bonchev–Trinajstić information content (AvgIpc) is 2.48. The van der Waals surface area contributed by atoms with Gasteiger partial charge in [0.05, 0.1) is 15.6 Å². The third-order valence-corrected chi connectivity index (χ3v) is 3.67. The predicted octanol–water partition coefficient (Wildman–Crippen LogP) is 3.37. The van der Waals surface area contributed by atoms with Crippen molar-refractivity contribution in [2.45, 2.75) is 6.61 Å². The standard InChI is InChI=1S/C14H13IN2O4/c1-20-10-4-2-9(3-5-10)8-21-14-7-12(16)13(17(18)19)6-11(14)15/h2-7H,8,16H2,1H3. The monoisotopic (exact) mass is 400 g/mol. The van der Waals surface area contributed by atoms with Crippen molar-refractivity contribution in [2.24, 2.45) is 0 Å². The maximum Gasteiger partial charge on any atom is 0.293 e. The van der Waals surface area contributed by atoms with Gasteiger partial charge in [-0.05, 0) is 40.3 Å². The highest BCUT2D eigenvalue weighted by Crippen LogP contribution is 2.32. The highest BCUT2D eigenvalue weighted by atomic mass is 127. The van der Waals surface area contributed by atoms with Crippen molar-refractivity contribution >= 4 is 34.0 Å². The van der Waals surface area contributed by atoms with Gasteiger partial charge in [-0.2, -0.15) is 0 Å². The molecule has 2 rings (SSSR count). The van der Waals surface area contributed by atoms with Crippen molar-refractivity contribution in [1.82, 2.24) is 0 Å². The molecule has 110 valence electrons. The number of nitro groups is 1. The van der Waals surface area contributed by atoms with Crippen molar-refractivity contribution in [3.05, 3.63) is 55.6 Å². The summed E-state index contributed by atoms with van der Waals surface area (Å²) >= 11 is 1.99. The Balaban J connectivity index is 2.12. The van der Waals surface area contributed by atoms with Crippen molar-refractivity contribution in [3.63, 3.8) is 0 Å². The smallest absolute Gasteiger partial charge is 0.293 e. The first-order chi connectivity index (χ1) is 10.0. The molecule has 2 N–H and O–H groups in total. The number of hydrogen-bond donors (Lipinski definition) is 1. The molecule has 0 saturated heterocycles. The lowest BCUT2D eigenvalue weighted by molar-refractivity contribution is -0.384. The second-order valence-corrected chi connectivity index (χ2v) is 5.40. The fraction of sp³-hybridized carbons (Fsp3) is 0.143. The number of hydrogen-bond acceptors (Lipinski definition) is 5. The number of methoxy groups -OCH3 is 1. The number of halogens is 1. The van der Waals surface area contributed by atoms with Gasteiger partial charge in [-0.1, -0.05) is 12.1 Å². The van der Waals surface area contributed by atoms with Crippen LogP contribution in [0.4, 0.5) is 11.4 Å². The van der Waals surface area contributed by atoms with Crippen LogP contribution in [0.3, 0.4) is 0 Å². The molecule has 21 heavy (non-hydrogen) atoms. The number of ether oxygens (including phenoxy) is 2. The van der Waals surface area contributed by atoms with Crippen molar-refractivity contribution in [1.29, 1.82) is 0 Å². The molecule has 0 saturated carbocycles. The van der Waals surface area contributed by atoms with E-state index in [9.17, 15) is 10.1 Å². The lowest BCUT2D eigenvalue weighted by atomic mass is 10.2. The molecule has 0 radical (unpaired) electrons. The normalized spacial score (nSPS) is 10.2. The minimum atomic E-state index is -0.509. The molecule has 0 heterocycles.